The second-order valence-electron chi connectivity index (χ2n) is 3.65. The summed E-state index contributed by atoms with van der Waals surface area (Å²) in [5, 5.41) is 8.47. The molecule has 5 heteroatoms. The van der Waals surface area contributed by atoms with Crippen LogP contribution in [0.2, 0.25) is 0 Å². The molecule has 0 fully saturated rings. The molecular weight excluding hydrogens is 296 g/mol. The van der Waals surface area contributed by atoms with Gasteiger partial charge in [-0.2, -0.15) is 5.26 Å². The summed E-state index contributed by atoms with van der Waals surface area (Å²) in [6.07, 6.45) is 1.19. The van der Waals surface area contributed by atoms with Crippen molar-refractivity contribution in [3.05, 3.63) is 22.2 Å². The normalized spacial score (nSPS) is 9.89. The maximum absolute atomic E-state index is 8.47. The number of hydrogen-bond acceptors (Lipinski definition) is 4. The quantitative estimate of drug-likeness (QED) is 0.786. The summed E-state index contributed by atoms with van der Waals surface area (Å²) in [6.45, 7) is 3.43. The average molecular weight is 313 g/mol. The van der Waals surface area contributed by atoms with E-state index in [9.17, 15) is 0 Å². The van der Waals surface area contributed by atoms with Crippen LogP contribution in [0.5, 0.6) is 11.5 Å². The Labute approximate surface area is 116 Å². The minimum absolute atomic E-state index is 0.452. The van der Waals surface area contributed by atoms with Gasteiger partial charge in [-0.25, -0.2) is 0 Å². The Morgan fingerprint density at radius 3 is 2.78 bits per heavy atom. The highest BCUT2D eigenvalue weighted by Crippen LogP contribution is 2.37. The van der Waals surface area contributed by atoms with Gasteiger partial charge in [0.05, 0.1) is 23.8 Å². The largest absolute Gasteiger partial charge is 0.490 e. The van der Waals surface area contributed by atoms with Crippen molar-refractivity contribution in [2.75, 3.05) is 13.2 Å². The zero-order valence-corrected chi connectivity index (χ0v) is 12.0. The standard InChI is InChI=1S/C13H17BrN2O2/c1-2-17-12-8-10(9-16)7-11(14)13(12)18-6-4-3-5-15/h7-8H,2-4,6,9,16H2,1H3. The van der Waals surface area contributed by atoms with Crippen LogP contribution in [-0.4, -0.2) is 13.2 Å². The SMILES string of the molecule is CCOc1cc(CN)cc(Br)c1OCCCC#N. The lowest BCUT2D eigenvalue weighted by Gasteiger charge is -2.14. The van der Waals surface area contributed by atoms with E-state index in [1.807, 2.05) is 19.1 Å². The van der Waals surface area contributed by atoms with E-state index in [0.717, 1.165) is 10.0 Å². The summed E-state index contributed by atoms with van der Waals surface area (Å²) in [7, 11) is 0. The van der Waals surface area contributed by atoms with E-state index in [4.69, 9.17) is 20.5 Å². The highest BCUT2D eigenvalue weighted by atomic mass is 79.9. The number of nitrogens with zero attached hydrogens (tertiary/aromatic N) is 1. The first-order valence-corrected chi connectivity index (χ1v) is 6.67. The van der Waals surface area contributed by atoms with Crippen LogP contribution in [0.1, 0.15) is 25.3 Å². The van der Waals surface area contributed by atoms with Crippen LogP contribution >= 0.6 is 15.9 Å². The molecule has 4 nitrogen and oxygen atoms in total. The molecule has 0 aliphatic rings. The maximum Gasteiger partial charge on any atom is 0.175 e. The third-order valence-electron chi connectivity index (χ3n) is 2.28. The zero-order valence-electron chi connectivity index (χ0n) is 10.4. The Balaban J connectivity index is 2.83. The lowest BCUT2D eigenvalue weighted by atomic mass is 10.2. The summed E-state index contributed by atoms with van der Waals surface area (Å²) in [6, 6.07) is 5.89. The number of nitrogens with two attached hydrogens (primary N) is 1. The van der Waals surface area contributed by atoms with Crippen molar-refractivity contribution in [1.82, 2.24) is 0 Å². The molecule has 0 saturated heterocycles. The van der Waals surface area contributed by atoms with Gasteiger partial charge in [0.25, 0.3) is 0 Å². The Hall–Kier alpha value is -1.25. The van der Waals surface area contributed by atoms with Gasteiger partial charge in [0.1, 0.15) is 0 Å². The first-order chi connectivity index (χ1) is 8.72. The van der Waals surface area contributed by atoms with Gasteiger partial charge in [-0.15, -0.1) is 0 Å². The Bertz CT molecular complexity index is 430. The lowest BCUT2D eigenvalue weighted by Crippen LogP contribution is -2.04. The molecule has 1 aromatic carbocycles. The highest BCUT2D eigenvalue weighted by Gasteiger charge is 2.11. The smallest absolute Gasteiger partial charge is 0.175 e. The minimum Gasteiger partial charge on any atom is -0.490 e. The van der Waals surface area contributed by atoms with Crippen molar-refractivity contribution in [3.8, 4) is 17.6 Å². The molecule has 1 aromatic rings. The molecule has 0 aliphatic carbocycles. The van der Waals surface area contributed by atoms with E-state index >= 15 is 0 Å². The van der Waals surface area contributed by atoms with Crippen LogP contribution in [0.25, 0.3) is 0 Å². The number of ether oxygens (including phenoxy) is 2. The second kappa shape index (κ2) is 7.96. The van der Waals surface area contributed by atoms with E-state index in [2.05, 4.69) is 22.0 Å². The molecule has 0 atom stereocenters. The molecule has 0 amide bonds. The van der Waals surface area contributed by atoms with Crippen LogP contribution < -0.4 is 15.2 Å². The van der Waals surface area contributed by atoms with E-state index in [1.165, 1.54) is 0 Å². The Morgan fingerprint density at radius 1 is 1.39 bits per heavy atom. The van der Waals surface area contributed by atoms with Gasteiger partial charge in [-0.05, 0) is 47.0 Å². The molecule has 2 N–H and O–H groups in total. The molecule has 0 aromatic heterocycles. The van der Waals surface area contributed by atoms with Gasteiger partial charge < -0.3 is 15.2 Å². The first kappa shape index (κ1) is 14.8. The van der Waals surface area contributed by atoms with Gasteiger partial charge >= 0.3 is 0 Å². The number of nitriles is 1. The molecule has 0 bridgehead atoms. The molecule has 0 aliphatic heterocycles. The van der Waals surface area contributed by atoms with E-state index in [0.29, 0.717) is 44.1 Å². The van der Waals surface area contributed by atoms with Crippen molar-refractivity contribution < 1.29 is 9.47 Å². The fourth-order valence-corrected chi connectivity index (χ4v) is 2.07. The molecule has 18 heavy (non-hydrogen) atoms. The highest BCUT2D eigenvalue weighted by molar-refractivity contribution is 9.10. The Morgan fingerprint density at radius 2 is 2.17 bits per heavy atom. The number of unbranched alkanes of at least 4 members (excludes halogenated alkanes) is 1. The van der Waals surface area contributed by atoms with Crippen molar-refractivity contribution in [2.24, 2.45) is 5.73 Å². The lowest BCUT2D eigenvalue weighted by molar-refractivity contribution is 0.272. The van der Waals surface area contributed by atoms with Crippen LogP contribution in [-0.2, 0) is 6.54 Å². The van der Waals surface area contributed by atoms with Crippen molar-refractivity contribution in [3.63, 3.8) is 0 Å². The third-order valence-corrected chi connectivity index (χ3v) is 2.87. The number of hydrogen-bond donors (Lipinski definition) is 1. The van der Waals surface area contributed by atoms with Gasteiger partial charge in [0.2, 0.25) is 0 Å². The number of halogens is 1. The second-order valence-corrected chi connectivity index (χ2v) is 4.51. The molecule has 0 spiro atoms. The van der Waals surface area contributed by atoms with Gasteiger partial charge in [0.15, 0.2) is 11.5 Å². The molecular formula is C13H17BrN2O2. The number of benzene rings is 1. The monoisotopic (exact) mass is 312 g/mol. The summed E-state index contributed by atoms with van der Waals surface area (Å²) in [4.78, 5) is 0. The van der Waals surface area contributed by atoms with Crippen LogP contribution in [0.3, 0.4) is 0 Å². The third kappa shape index (κ3) is 4.21. The summed E-state index contributed by atoms with van der Waals surface area (Å²) in [5.74, 6) is 1.36. The molecule has 0 saturated carbocycles. The summed E-state index contributed by atoms with van der Waals surface area (Å²) < 4.78 is 12.0. The molecule has 0 radical (unpaired) electrons. The summed E-state index contributed by atoms with van der Waals surface area (Å²) in [5.41, 5.74) is 6.60. The van der Waals surface area contributed by atoms with E-state index in [-0.39, 0.29) is 0 Å². The van der Waals surface area contributed by atoms with Crippen LogP contribution in [0.15, 0.2) is 16.6 Å². The van der Waals surface area contributed by atoms with E-state index in [1.54, 1.807) is 0 Å². The molecule has 0 unspecified atom stereocenters. The van der Waals surface area contributed by atoms with Gasteiger partial charge in [-0.3, -0.25) is 0 Å². The van der Waals surface area contributed by atoms with E-state index < -0.39 is 0 Å². The first-order valence-electron chi connectivity index (χ1n) is 5.88. The minimum atomic E-state index is 0.452. The fraction of sp³-hybridized carbons (Fsp3) is 0.462. The van der Waals surface area contributed by atoms with Crippen molar-refractivity contribution in [2.45, 2.75) is 26.3 Å². The molecule has 98 valence electrons. The van der Waals surface area contributed by atoms with Crippen molar-refractivity contribution in [1.29, 1.82) is 5.26 Å². The van der Waals surface area contributed by atoms with Crippen LogP contribution in [0, 0.1) is 11.3 Å². The Kier molecular flexibility index (Phi) is 6.55. The van der Waals surface area contributed by atoms with Crippen molar-refractivity contribution >= 4 is 15.9 Å². The van der Waals surface area contributed by atoms with Crippen LogP contribution in [0.4, 0.5) is 0 Å². The molecule has 0 heterocycles. The molecule has 1 rings (SSSR count). The predicted molar refractivity (Wildman–Crippen MR) is 73.5 cm³/mol. The average Bonchev–Trinajstić information content (AvgIpc) is 2.37. The maximum atomic E-state index is 8.47. The fourth-order valence-electron chi connectivity index (χ4n) is 1.47. The number of rotatable bonds is 7. The predicted octanol–water partition coefficient (Wildman–Crippen LogP) is 2.99. The van der Waals surface area contributed by atoms with Gasteiger partial charge in [-0.1, -0.05) is 0 Å². The summed E-state index contributed by atoms with van der Waals surface area (Å²) >= 11 is 3.45. The topological polar surface area (TPSA) is 68.3 Å². The van der Waals surface area contributed by atoms with Gasteiger partial charge in [0, 0.05) is 13.0 Å². The zero-order chi connectivity index (χ0) is 13.4.